The molecule has 0 fully saturated rings. The van der Waals surface area contributed by atoms with Gasteiger partial charge in [-0.25, -0.2) is 9.80 Å². The van der Waals surface area contributed by atoms with Crippen LogP contribution in [0.15, 0.2) is 34.3 Å². The maximum absolute atomic E-state index is 12.0. The first-order valence-electron chi connectivity index (χ1n) is 7.41. The van der Waals surface area contributed by atoms with Crippen molar-refractivity contribution in [3.05, 3.63) is 24.3 Å². The number of amides is 2. The lowest BCUT2D eigenvalue weighted by Crippen LogP contribution is -2.33. The van der Waals surface area contributed by atoms with Gasteiger partial charge in [0.25, 0.3) is 5.91 Å². The van der Waals surface area contributed by atoms with Crippen LogP contribution in [0.3, 0.4) is 0 Å². The Hall–Kier alpha value is -2.86. The zero-order valence-corrected chi connectivity index (χ0v) is 14.3. The molecule has 0 radical (unpaired) electrons. The van der Waals surface area contributed by atoms with Gasteiger partial charge in [-0.1, -0.05) is 12.1 Å². The van der Waals surface area contributed by atoms with E-state index in [1.165, 1.54) is 18.8 Å². The number of anilines is 1. The van der Waals surface area contributed by atoms with E-state index in [1.54, 1.807) is 24.3 Å². The van der Waals surface area contributed by atoms with Crippen LogP contribution < -0.4 is 5.32 Å². The van der Waals surface area contributed by atoms with Crippen molar-refractivity contribution in [2.45, 2.75) is 17.7 Å². The van der Waals surface area contributed by atoms with Crippen LogP contribution in [0.25, 0.3) is 0 Å². The average Bonchev–Trinajstić information content (AvgIpc) is 2.61. The monoisotopic (exact) mass is 360 g/mol. The standard InChI is InChI=1S/C16H16N4O4S/c1-20-15(22)7-6-12(19-20)16(23)24-10-14(21)18-11-4-2-3-5-13(11)25-9-8-17/h2-5H,6-7,9-10H2,1H3,(H,18,21). The first kappa shape index (κ1) is 18.5. The second-order valence-corrected chi connectivity index (χ2v) is 6.05. The van der Waals surface area contributed by atoms with E-state index >= 15 is 0 Å². The van der Waals surface area contributed by atoms with Crippen LogP contribution >= 0.6 is 11.8 Å². The fourth-order valence-corrected chi connectivity index (χ4v) is 2.69. The van der Waals surface area contributed by atoms with E-state index in [0.717, 1.165) is 9.90 Å². The van der Waals surface area contributed by atoms with Crippen LogP contribution in [0.1, 0.15) is 12.8 Å². The molecule has 0 bridgehead atoms. The maximum Gasteiger partial charge on any atom is 0.355 e. The highest BCUT2D eigenvalue weighted by Crippen LogP contribution is 2.26. The molecular formula is C16H16N4O4S. The molecule has 1 aromatic carbocycles. The Labute approximate surface area is 148 Å². The minimum atomic E-state index is -0.721. The van der Waals surface area contributed by atoms with Crippen molar-refractivity contribution in [3.63, 3.8) is 0 Å². The Bertz CT molecular complexity index is 757. The normalized spacial score (nSPS) is 13.7. The van der Waals surface area contributed by atoms with Crippen LogP contribution in [0.4, 0.5) is 5.69 Å². The molecule has 2 amide bonds. The highest BCUT2D eigenvalue weighted by Gasteiger charge is 2.23. The molecule has 130 valence electrons. The van der Waals surface area contributed by atoms with Crippen molar-refractivity contribution in [2.24, 2.45) is 5.10 Å². The van der Waals surface area contributed by atoms with Gasteiger partial charge in [0.05, 0.1) is 17.5 Å². The van der Waals surface area contributed by atoms with Gasteiger partial charge in [-0.2, -0.15) is 10.4 Å². The molecule has 25 heavy (non-hydrogen) atoms. The van der Waals surface area contributed by atoms with Gasteiger partial charge in [-0.15, -0.1) is 11.8 Å². The second-order valence-electron chi connectivity index (χ2n) is 5.03. The molecule has 1 aliphatic heterocycles. The minimum absolute atomic E-state index is 0.111. The molecule has 1 heterocycles. The van der Waals surface area contributed by atoms with Gasteiger partial charge in [0.2, 0.25) is 5.91 Å². The molecule has 9 heteroatoms. The van der Waals surface area contributed by atoms with Crippen molar-refractivity contribution >= 4 is 40.9 Å². The Morgan fingerprint density at radius 3 is 2.88 bits per heavy atom. The van der Waals surface area contributed by atoms with E-state index in [2.05, 4.69) is 10.4 Å². The van der Waals surface area contributed by atoms with E-state index < -0.39 is 18.5 Å². The predicted molar refractivity (Wildman–Crippen MR) is 91.8 cm³/mol. The number of benzene rings is 1. The lowest BCUT2D eigenvalue weighted by Gasteiger charge is -2.18. The second kappa shape index (κ2) is 8.84. The largest absolute Gasteiger partial charge is 0.451 e. The quantitative estimate of drug-likeness (QED) is 0.606. The number of nitriles is 1. The van der Waals surface area contributed by atoms with E-state index in [0.29, 0.717) is 5.69 Å². The summed E-state index contributed by atoms with van der Waals surface area (Å²) in [5.74, 6) is -1.14. The molecular weight excluding hydrogens is 344 g/mol. The summed E-state index contributed by atoms with van der Waals surface area (Å²) in [7, 11) is 1.46. The molecule has 0 atom stereocenters. The third-order valence-corrected chi connectivity index (χ3v) is 4.17. The smallest absolute Gasteiger partial charge is 0.355 e. The lowest BCUT2D eigenvalue weighted by atomic mass is 10.2. The van der Waals surface area contributed by atoms with Gasteiger partial charge in [-0.05, 0) is 12.1 Å². The van der Waals surface area contributed by atoms with Gasteiger partial charge in [-0.3, -0.25) is 9.59 Å². The molecule has 0 saturated heterocycles. The Kier molecular flexibility index (Phi) is 6.54. The number of esters is 1. The zero-order valence-electron chi connectivity index (χ0n) is 13.5. The van der Waals surface area contributed by atoms with E-state index in [-0.39, 0.29) is 30.2 Å². The summed E-state index contributed by atoms with van der Waals surface area (Å²) in [5, 5.41) is 16.2. The summed E-state index contributed by atoms with van der Waals surface area (Å²) in [4.78, 5) is 35.9. The number of para-hydroxylation sites is 1. The third kappa shape index (κ3) is 5.32. The van der Waals surface area contributed by atoms with Crippen molar-refractivity contribution < 1.29 is 19.1 Å². The summed E-state index contributed by atoms with van der Waals surface area (Å²) in [6.07, 6.45) is 0.372. The lowest BCUT2D eigenvalue weighted by molar-refractivity contribution is -0.141. The van der Waals surface area contributed by atoms with Crippen LogP contribution in [0.5, 0.6) is 0 Å². The Morgan fingerprint density at radius 1 is 1.40 bits per heavy atom. The Balaban J connectivity index is 1.89. The maximum atomic E-state index is 12.0. The van der Waals surface area contributed by atoms with Gasteiger partial charge in [0.15, 0.2) is 6.61 Å². The number of nitrogens with zero attached hydrogens (tertiary/aromatic N) is 3. The summed E-state index contributed by atoms with van der Waals surface area (Å²) in [5.41, 5.74) is 0.656. The molecule has 0 spiro atoms. The number of carbonyl (C=O) groups excluding carboxylic acids is 3. The Morgan fingerprint density at radius 2 is 2.16 bits per heavy atom. The molecule has 0 aromatic heterocycles. The molecule has 1 aromatic rings. The van der Waals surface area contributed by atoms with Gasteiger partial charge < -0.3 is 10.1 Å². The van der Waals surface area contributed by atoms with Crippen LogP contribution in [-0.4, -0.2) is 47.9 Å². The van der Waals surface area contributed by atoms with Crippen molar-refractivity contribution in [1.29, 1.82) is 5.26 Å². The first-order valence-corrected chi connectivity index (χ1v) is 8.39. The summed E-state index contributed by atoms with van der Waals surface area (Å²) < 4.78 is 4.94. The topological polar surface area (TPSA) is 112 Å². The number of hydrogen-bond donors (Lipinski definition) is 1. The zero-order chi connectivity index (χ0) is 18.2. The number of thioether (sulfide) groups is 1. The average molecular weight is 360 g/mol. The summed E-state index contributed by atoms with van der Waals surface area (Å²) in [6.45, 7) is -0.466. The van der Waals surface area contributed by atoms with Gasteiger partial charge in [0, 0.05) is 24.8 Å². The fourth-order valence-electron chi connectivity index (χ4n) is 2.02. The van der Waals surface area contributed by atoms with E-state index in [1.807, 2.05) is 6.07 Å². The third-order valence-electron chi connectivity index (χ3n) is 3.23. The fraction of sp³-hybridized carbons (Fsp3) is 0.312. The molecule has 0 unspecified atom stereocenters. The highest BCUT2D eigenvalue weighted by atomic mass is 32.2. The van der Waals surface area contributed by atoms with Crippen molar-refractivity contribution in [1.82, 2.24) is 5.01 Å². The predicted octanol–water partition coefficient (Wildman–Crippen LogP) is 1.39. The van der Waals surface area contributed by atoms with Crippen molar-refractivity contribution in [3.8, 4) is 6.07 Å². The summed E-state index contributed by atoms with van der Waals surface area (Å²) in [6, 6.07) is 9.06. The number of hydrazone groups is 1. The number of hydrogen-bond acceptors (Lipinski definition) is 7. The number of nitrogens with one attached hydrogen (secondary N) is 1. The molecule has 1 aliphatic rings. The van der Waals surface area contributed by atoms with Gasteiger partial charge in [0.1, 0.15) is 5.71 Å². The molecule has 8 nitrogen and oxygen atoms in total. The molecule has 2 rings (SSSR count). The number of rotatable bonds is 6. The SMILES string of the molecule is CN1N=C(C(=O)OCC(=O)Nc2ccccc2SCC#N)CCC1=O. The van der Waals surface area contributed by atoms with Crippen molar-refractivity contribution in [2.75, 3.05) is 24.7 Å². The van der Waals surface area contributed by atoms with Crippen LogP contribution in [0.2, 0.25) is 0 Å². The highest BCUT2D eigenvalue weighted by molar-refractivity contribution is 7.99. The van der Waals surface area contributed by atoms with Gasteiger partial charge >= 0.3 is 5.97 Å². The van der Waals surface area contributed by atoms with Crippen LogP contribution in [0, 0.1) is 11.3 Å². The molecule has 0 saturated carbocycles. The molecule has 1 N–H and O–H groups in total. The number of carbonyl (C=O) groups is 3. The minimum Gasteiger partial charge on any atom is -0.451 e. The summed E-state index contributed by atoms with van der Waals surface area (Å²) >= 11 is 1.30. The molecule has 0 aliphatic carbocycles. The van der Waals surface area contributed by atoms with E-state index in [4.69, 9.17) is 10.00 Å². The van der Waals surface area contributed by atoms with E-state index in [9.17, 15) is 14.4 Å². The van der Waals surface area contributed by atoms with Crippen LogP contribution in [-0.2, 0) is 19.1 Å². The number of ether oxygens (including phenoxy) is 1. The first-order chi connectivity index (χ1) is 12.0.